The van der Waals surface area contributed by atoms with Gasteiger partial charge in [0.25, 0.3) is 0 Å². The quantitative estimate of drug-likeness (QED) is 0.808. The number of hydrogen-bond acceptors (Lipinski definition) is 6. The zero-order valence-electron chi connectivity index (χ0n) is 14.7. The number of anilines is 2. The lowest BCUT2D eigenvalue weighted by molar-refractivity contribution is 0.0517. The second kappa shape index (κ2) is 7.88. The normalized spacial score (nSPS) is 16.0. The van der Waals surface area contributed by atoms with Crippen molar-refractivity contribution >= 4 is 29.2 Å². The summed E-state index contributed by atoms with van der Waals surface area (Å²) < 4.78 is 5.26. The third-order valence-electron chi connectivity index (χ3n) is 3.88. The smallest absolute Gasteiger partial charge is 0.407 e. The molecule has 1 fully saturated rings. The van der Waals surface area contributed by atoms with E-state index in [9.17, 15) is 4.79 Å². The summed E-state index contributed by atoms with van der Waals surface area (Å²) in [5, 5.41) is 6.35. The predicted octanol–water partition coefficient (Wildman–Crippen LogP) is 2.91. The minimum Gasteiger partial charge on any atom is -0.444 e. The molecule has 0 spiro atoms. The molecule has 0 aromatic carbocycles. The molecule has 0 unspecified atom stereocenters. The Bertz CT molecular complexity index is 568. The number of ether oxygens (including phenoxy) is 1. The fourth-order valence-electron chi connectivity index (χ4n) is 2.70. The molecule has 1 saturated heterocycles. The number of aromatic nitrogens is 2. The molecule has 0 atom stereocenters. The molecular formula is C16H26ClN5O2. The van der Waals surface area contributed by atoms with Crippen LogP contribution in [0.3, 0.4) is 0 Å². The van der Waals surface area contributed by atoms with Gasteiger partial charge >= 0.3 is 6.09 Å². The predicted molar refractivity (Wildman–Crippen MR) is 95.8 cm³/mol. The molecule has 2 rings (SSSR count). The topological polar surface area (TPSA) is 79.4 Å². The largest absolute Gasteiger partial charge is 0.444 e. The molecule has 134 valence electrons. The summed E-state index contributed by atoms with van der Waals surface area (Å²) in [6.07, 6.45) is 3.07. The van der Waals surface area contributed by atoms with E-state index in [-0.39, 0.29) is 6.09 Å². The monoisotopic (exact) mass is 355 g/mol. The van der Waals surface area contributed by atoms with Gasteiger partial charge in [0.05, 0.1) is 0 Å². The first-order chi connectivity index (χ1) is 11.3. The van der Waals surface area contributed by atoms with Gasteiger partial charge in [-0.05, 0) is 39.5 Å². The molecule has 1 amide bonds. The van der Waals surface area contributed by atoms with Gasteiger partial charge in [-0.3, -0.25) is 0 Å². The van der Waals surface area contributed by atoms with Crippen LogP contribution in [0.2, 0.25) is 5.15 Å². The Morgan fingerprint density at radius 3 is 2.62 bits per heavy atom. The van der Waals surface area contributed by atoms with Crippen molar-refractivity contribution in [3.63, 3.8) is 0 Å². The Hall–Kier alpha value is -1.76. The summed E-state index contributed by atoms with van der Waals surface area (Å²) in [5.41, 5.74) is 0.285. The molecule has 7 nitrogen and oxygen atoms in total. The molecule has 2 heterocycles. The minimum absolute atomic E-state index is 0.356. The molecule has 1 aliphatic rings. The van der Waals surface area contributed by atoms with Crippen molar-refractivity contribution in [1.82, 2.24) is 15.3 Å². The average Bonchev–Trinajstić information content (AvgIpc) is 2.51. The second-order valence-corrected chi connectivity index (χ2v) is 7.28. The van der Waals surface area contributed by atoms with E-state index in [0.29, 0.717) is 17.6 Å². The maximum absolute atomic E-state index is 11.7. The highest BCUT2D eigenvalue weighted by Crippen LogP contribution is 2.31. The Morgan fingerprint density at radius 2 is 2.04 bits per heavy atom. The van der Waals surface area contributed by atoms with Crippen LogP contribution in [-0.4, -0.2) is 48.3 Å². The maximum Gasteiger partial charge on any atom is 0.407 e. The van der Waals surface area contributed by atoms with Crippen molar-refractivity contribution in [2.45, 2.75) is 39.2 Å². The lowest BCUT2D eigenvalue weighted by atomic mass is 9.97. The van der Waals surface area contributed by atoms with Crippen LogP contribution in [0.1, 0.15) is 33.6 Å². The number of amides is 1. The van der Waals surface area contributed by atoms with E-state index in [2.05, 4.69) is 25.5 Å². The summed E-state index contributed by atoms with van der Waals surface area (Å²) in [6, 6.07) is 0. The van der Waals surface area contributed by atoms with Crippen LogP contribution in [0.5, 0.6) is 0 Å². The number of carbonyl (C=O) groups is 1. The summed E-state index contributed by atoms with van der Waals surface area (Å²) in [5.74, 6) is 1.26. The molecule has 1 aliphatic heterocycles. The van der Waals surface area contributed by atoms with Crippen LogP contribution in [0, 0.1) is 5.92 Å². The maximum atomic E-state index is 11.7. The summed E-state index contributed by atoms with van der Waals surface area (Å²) in [4.78, 5) is 22.3. The molecule has 1 aromatic rings. The van der Waals surface area contributed by atoms with Gasteiger partial charge in [0, 0.05) is 26.7 Å². The van der Waals surface area contributed by atoms with Gasteiger partial charge in [-0.15, -0.1) is 0 Å². The molecular weight excluding hydrogens is 330 g/mol. The van der Waals surface area contributed by atoms with Crippen LogP contribution in [-0.2, 0) is 4.74 Å². The second-order valence-electron chi connectivity index (χ2n) is 6.93. The van der Waals surface area contributed by atoms with Crippen molar-refractivity contribution in [3.8, 4) is 0 Å². The Kier molecular flexibility index (Phi) is 6.10. The molecule has 2 N–H and O–H groups in total. The number of rotatable bonds is 4. The fourth-order valence-corrected chi connectivity index (χ4v) is 2.92. The highest BCUT2D eigenvalue weighted by atomic mass is 35.5. The van der Waals surface area contributed by atoms with E-state index >= 15 is 0 Å². The van der Waals surface area contributed by atoms with Crippen LogP contribution in [0.15, 0.2) is 6.33 Å². The molecule has 24 heavy (non-hydrogen) atoms. The van der Waals surface area contributed by atoms with Gasteiger partial charge in [-0.2, -0.15) is 0 Å². The lowest BCUT2D eigenvalue weighted by Crippen LogP contribution is -2.40. The number of alkyl carbamates (subject to hydrolysis) is 1. The van der Waals surface area contributed by atoms with Crippen molar-refractivity contribution in [2.24, 2.45) is 5.92 Å². The van der Waals surface area contributed by atoms with Crippen LogP contribution in [0.4, 0.5) is 16.3 Å². The van der Waals surface area contributed by atoms with Gasteiger partial charge in [0.2, 0.25) is 0 Å². The number of halogens is 1. The van der Waals surface area contributed by atoms with Gasteiger partial charge in [-0.1, -0.05) is 11.6 Å². The van der Waals surface area contributed by atoms with Gasteiger partial charge < -0.3 is 20.3 Å². The van der Waals surface area contributed by atoms with Gasteiger partial charge in [0.1, 0.15) is 17.6 Å². The van der Waals surface area contributed by atoms with Crippen LogP contribution >= 0.6 is 11.6 Å². The summed E-state index contributed by atoms with van der Waals surface area (Å²) in [6.45, 7) is 7.93. The number of nitrogens with zero attached hydrogens (tertiary/aromatic N) is 3. The van der Waals surface area contributed by atoms with Crippen molar-refractivity contribution < 1.29 is 9.53 Å². The Morgan fingerprint density at radius 1 is 1.38 bits per heavy atom. The van der Waals surface area contributed by atoms with Crippen LogP contribution < -0.4 is 15.5 Å². The van der Waals surface area contributed by atoms with Crippen LogP contribution in [0.25, 0.3) is 0 Å². The molecule has 0 aliphatic carbocycles. The van der Waals surface area contributed by atoms with Gasteiger partial charge in [0.15, 0.2) is 11.0 Å². The standard InChI is InChI=1S/C16H26ClN5O2/c1-16(2,3)24-15(23)19-9-11-5-7-22(8-6-11)14-12(18-4)13(17)20-10-21-14/h10-11,18H,5-9H2,1-4H3,(H,19,23). The highest BCUT2D eigenvalue weighted by Gasteiger charge is 2.24. The Balaban J connectivity index is 1.84. The first-order valence-corrected chi connectivity index (χ1v) is 8.58. The molecule has 1 aromatic heterocycles. The van der Waals surface area contributed by atoms with E-state index in [1.807, 2.05) is 27.8 Å². The van der Waals surface area contributed by atoms with Crippen molar-refractivity contribution in [3.05, 3.63) is 11.5 Å². The minimum atomic E-state index is -0.469. The van der Waals surface area contributed by atoms with Crippen molar-refractivity contribution in [1.29, 1.82) is 0 Å². The number of nitrogens with one attached hydrogen (secondary N) is 2. The highest BCUT2D eigenvalue weighted by molar-refractivity contribution is 6.32. The van der Waals surface area contributed by atoms with E-state index in [1.165, 1.54) is 6.33 Å². The number of hydrogen-bond donors (Lipinski definition) is 2. The van der Waals surface area contributed by atoms with Crippen molar-refractivity contribution in [2.75, 3.05) is 36.9 Å². The SMILES string of the molecule is CNc1c(Cl)ncnc1N1CCC(CNC(=O)OC(C)(C)C)CC1. The first kappa shape index (κ1) is 18.6. The fraction of sp³-hybridized carbons (Fsp3) is 0.688. The number of piperidine rings is 1. The Labute approximate surface area is 148 Å². The molecule has 0 radical (unpaired) electrons. The van der Waals surface area contributed by atoms with E-state index in [0.717, 1.165) is 37.4 Å². The molecule has 8 heteroatoms. The summed E-state index contributed by atoms with van der Waals surface area (Å²) >= 11 is 6.11. The third-order valence-corrected chi connectivity index (χ3v) is 4.17. The third kappa shape index (κ3) is 5.12. The van der Waals surface area contributed by atoms with E-state index in [4.69, 9.17) is 16.3 Å². The van der Waals surface area contributed by atoms with E-state index < -0.39 is 5.60 Å². The summed E-state index contributed by atoms with van der Waals surface area (Å²) in [7, 11) is 1.81. The molecule has 0 bridgehead atoms. The van der Waals surface area contributed by atoms with Gasteiger partial charge in [-0.25, -0.2) is 14.8 Å². The zero-order valence-corrected chi connectivity index (χ0v) is 15.5. The lowest BCUT2D eigenvalue weighted by Gasteiger charge is -2.33. The molecule has 0 saturated carbocycles. The number of carbonyl (C=O) groups excluding carboxylic acids is 1. The zero-order chi connectivity index (χ0) is 17.7. The first-order valence-electron chi connectivity index (χ1n) is 8.20. The van der Waals surface area contributed by atoms with E-state index in [1.54, 1.807) is 0 Å². The average molecular weight is 356 g/mol.